The summed E-state index contributed by atoms with van der Waals surface area (Å²) in [6.45, 7) is 5.89. The first-order valence-electron chi connectivity index (χ1n) is 6.39. The molecule has 7 heteroatoms. The van der Waals surface area contributed by atoms with Crippen LogP contribution in [-0.4, -0.2) is 49.5 Å². The van der Waals surface area contributed by atoms with Gasteiger partial charge in [-0.1, -0.05) is 0 Å². The summed E-state index contributed by atoms with van der Waals surface area (Å²) in [6, 6.07) is 1.89. The fourth-order valence-corrected chi connectivity index (χ4v) is 2.38. The molecule has 1 aromatic heterocycles. The summed E-state index contributed by atoms with van der Waals surface area (Å²) in [7, 11) is -1.35. The fraction of sp³-hybridized carbons (Fsp3) is 0.750. The van der Waals surface area contributed by atoms with Crippen molar-refractivity contribution in [2.45, 2.75) is 32.2 Å². The van der Waals surface area contributed by atoms with Gasteiger partial charge in [-0.3, -0.25) is 4.68 Å². The number of methoxy groups -OCH3 is 1. The first-order valence-corrected chi connectivity index (χ1v) is 8.11. The molecule has 0 saturated carbocycles. The maximum Gasteiger partial charge on any atom is 0.154 e. The van der Waals surface area contributed by atoms with Crippen molar-refractivity contribution in [3.8, 4) is 0 Å². The molecule has 0 bridgehead atoms. The van der Waals surface area contributed by atoms with Crippen LogP contribution < -0.4 is 5.32 Å². The molecular formula is C12H23N3O3S. The number of nitrogens with one attached hydrogen (secondary N) is 1. The molecule has 1 rings (SSSR count). The Kier molecular flexibility index (Phi) is 6.47. The zero-order chi connectivity index (χ0) is 14.3. The topological polar surface area (TPSA) is 73.2 Å². The lowest BCUT2D eigenvalue weighted by Gasteiger charge is -2.07. The Labute approximate surface area is 115 Å². The van der Waals surface area contributed by atoms with Crippen LogP contribution in [0.15, 0.2) is 12.3 Å². The molecule has 0 aliphatic rings. The first kappa shape index (κ1) is 16.1. The zero-order valence-corrected chi connectivity index (χ0v) is 12.6. The van der Waals surface area contributed by atoms with Gasteiger partial charge in [0.15, 0.2) is 9.84 Å². The minimum Gasteiger partial charge on any atom is -0.383 e. The highest BCUT2D eigenvalue weighted by atomic mass is 32.2. The van der Waals surface area contributed by atoms with E-state index < -0.39 is 9.84 Å². The summed E-state index contributed by atoms with van der Waals surface area (Å²) < 4.78 is 30.0. The number of hydrogen-bond donors (Lipinski definition) is 1. The van der Waals surface area contributed by atoms with Gasteiger partial charge in [-0.05, 0) is 19.9 Å². The van der Waals surface area contributed by atoms with Gasteiger partial charge < -0.3 is 10.1 Å². The van der Waals surface area contributed by atoms with Crippen molar-refractivity contribution in [2.24, 2.45) is 0 Å². The summed E-state index contributed by atoms with van der Waals surface area (Å²) in [5.74, 6) is 0.128. The van der Waals surface area contributed by atoms with Gasteiger partial charge in [0, 0.05) is 26.4 Å². The Bertz CT molecular complexity index is 468. The molecule has 19 heavy (non-hydrogen) atoms. The third kappa shape index (κ3) is 5.71. The third-order valence-electron chi connectivity index (χ3n) is 2.81. The van der Waals surface area contributed by atoms with E-state index in [-0.39, 0.29) is 11.0 Å². The molecule has 0 saturated heterocycles. The average molecular weight is 289 g/mol. The zero-order valence-electron chi connectivity index (χ0n) is 11.8. The summed E-state index contributed by atoms with van der Waals surface area (Å²) in [6.07, 6.45) is 1.81. The molecule has 6 nitrogen and oxygen atoms in total. The van der Waals surface area contributed by atoms with E-state index in [4.69, 9.17) is 4.74 Å². The van der Waals surface area contributed by atoms with Crippen molar-refractivity contribution in [1.29, 1.82) is 0 Å². The number of ether oxygens (including phenoxy) is 1. The lowest BCUT2D eigenvalue weighted by molar-refractivity contribution is 0.199. The molecule has 0 aliphatic heterocycles. The molecule has 1 heterocycles. The quantitative estimate of drug-likeness (QED) is 0.668. The molecular weight excluding hydrogens is 266 g/mol. The van der Waals surface area contributed by atoms with E-state index in [0.717, 1.165) is 12.2 Å². The minimum atomic E-state index is -3.00. The number of nitrogens with zero attached hydrogens (tertiary/aromatic N) is 2. The van der Waals surface area contributed by atoms with Crippen molar-refractivity contribution < 1.29 is 13.2 Å². The van der Waals surface area contributed by atoms with Gasteiger partial charge in [-0.25, -0.2) is 8.42 Å². The maximum atomic E-state index is 11.7. The Morgan fingerprint density at radius 2 is 2.21 bits per heavy atom. The standard InChI is InChI=1S/C12H23N3O3S/c1-11(2)19(16,17)9-7-15-6-4-12(14-15)10-13-5-8-18-3/h4,6,11,13H,5,7-10H2,1-3H3. The van der Waals surface area contributed by atoms with Crippen LogP contribution in [0, 0.1) is 0 Å². The first-order chi connectivity index (χ1) is 8.95. The minimum absolute atomic E-state index is 0.128. The molecule has 1 N–H and O–H groups in total. The van der Waals surface area contributed by atoms with E-state index in [1.807, 2.05) is 12.3 Å². The van der Waals surface area contributed by atoms with Gasteiger partial charge >= 0.3 is 0 Å². The van der Waals surface area contributed by atoms with Crippen molar-refractivity contribution >= 4 is 9.84 Å². The van der Waals surface area contributed by atoms with E-state index in [1.54, 1.807) is 25.6 Å². The van der Waals surface area contributed by atoms with Crippen molar-refractivity contribution in [3.05, 3.63) is 18.0 Å². The number of hydrogen-bond acceptors (Lipinski definition) is 5. The Morgan fingerprint density at radius 3 is 2.84 bits per heavy atom. The van der Waals surface area contributed by atoms with Crippen LogP contribution in [0.3, 0.4) is 0 Å². The van der Waals surface area contributed by atoms with Crippen molar-refractivity contribution in [1.82, 2.24) is 15.1 Å². The Hall–Kier alpha value is -0.920. The van der Waals surface area contributed by atoms with E-state index in [1.165, 1.54) is 0 Å². The number of sulfone groups is 1. The molecule has 110 valence electrons. The van der Waals surface area contributed by atoms with Crippen molar-refractivity contribution in [3.63, 3.8) is 0 Å². The predicted octanol–water partition coefficient (Wildman–Crippen LogP) is 0.442. The van der Waals surface area contributed by atoms with Crippen LogP contribution in [0.25, 0.3) is 0 Å². The van der Waals surface area contributed by atoms with Gasteiger partial charge in [-0.2, -0.15) is 5.10 Å². The fourth-order valence-electron chi connectivity index (χ4n) is 1.47. The Balaban J connectivity index is 2.39. The van der Waals surface area contributed by atoms with Crippen LogP contribution in [0.4, 0.5) is 0 Å². The molecule has 0 radical (unpaired) electrons. The highest BCUT2D eigenvalue weighted by Gasteiger charge is 2.15. The predicted molar refractivity (Wildman–Crippen MR) is 74.7 cm³/mol. The molecule has 0 atom stereocenters. The van der Waals surface area contributed by atoms with Crippen LogP contribution in [0.5, 0.6) is 0 Å². The second kappa shape index (κ2) is 7.62. The summed E-state index contributed by atoms with van der Waals surface area (Å²) in [5.41, 5.74) is 0.901. The molecule has 0 amide bonds. The summed E-state index contributed by atoms with van der Waals surface area (Å²) in [5, 5.41) is 7.17. The van der Waals surface area contributed by atoms with Crippen LogP contribution >= 0.6 is 0 Å². The average Bonchev–Trinajstić information content (AvgIpc) is 2.80. The third-order valence-corrected chi connectivity index (χ3v) is 5.00. The largest absolute Gasteiger partial charge is 0.383 e. The summed E-state index contributed by atoms with van der Waals surface area (Å²) >= 11 is 0. The van der Waals surface area contributed by atoms with E-state index >= 15 is 0 Å². The molecule has 0 spiro atoms. The SMILES string of the molecule is COCCNCc1ccn(CCS(=O)(=O)C(C)C)n1. The van der Waals surface area contributed by atoms with Gasteiger partial charge in [0.1, 0.15) is 0 Å². The van der Waals surface area contributed by atoms with Gasteiger partial charge in [0.05, 0.1) is 29.8 Å². The highest BCUT2D eigenvalue weighted by molar-refractivity contribution is 7.91. The lowest BCUT2D eigenvalue weighted by atomic mass is 10.4. The highest BCUT2D eigenvalue weighted by Crippen LogP contribution is 2.02. The number of aryl methyl sites for hydroxylation is 1. The van der Waals surface area contributed by atoms with Crippen LogP contribution in [0.2, 0.25) is 0 Å². The molecule has 1 aromatic rings. The molecule has 0 unspecified atom stereocenters. The normalized spacial score (nSPS) is 12.2. The smallest absolute Gasteiger partial charge is 0.154 e. The Morgan fingerprint density at radius 1 is 1.47 bits per heavy atom. The van der Waals surface area contributed by atoms with Gasteiger partial charge in [0.2, 0.25) is 0 Å². The molecule has 0 aromatic carbocycles. The van der Waals surface area contributed by atoms with Crippen LogP contribution in [-0.2, 0) is 27.7 Å². The maximum absolute atomic E-state index is 11.7. The molecule has 0 fully saturated rings. The van der Waals surface area contributed by atoms with Gasteiger partial charge in [-0.15, -0.1) is 0 Å². The second-order valence-corrected chi connectivity index (χ2v) is 7.33. The lowest BCUT2D eigenvalue weighted by Crippen LogP contribution is -2.22. The molecule has 0 aliphatic carbocycles. The monoisotopic (exact) mass is 289 g/mol. The summed E-state index contributed by atoms with van der Waals surface area (Å²) in [4.78, 5) is 0. The van der Waals surface area contributed by atoms with Crippen LogP contribution in [0.1, 0.15) is 19.5 Å². The van der Waals surface area contributed by atoms with E-state index in [0.29, 0.717) is 19.7 Å². The van der Waals surface area contributed by atoms with Gasteiger partial charge in [0.25, 0.3) is 0 Å². The number of rotatable bonds is 9. The van der Waals surface area contributed by atoms with E-state index in [2.05, 4.69) is 10.4 Å². The van der Waals surface area contributed by atoms with Crippen molar-refractivity contribution in [2.75, 3.05) is 26.0 Å². The van der Waals surface area contributed by atoms with E-state index in [9.17, 15) is 8.42 Å². The number of aromatic nitrogens is 2. The second-order valence-electron chi connectivity index (χ2n) is 4.66.